The Labute approximate surface area is 111 Å². The number of rotatable bonds is 3. The Morgan fingerprint density at radius 2 is 1.78 bits per heavy atom. The van der Waals surface area contributed by atoms with Gasteiger partial charge >= 0.3 is 0 Å². The van der Waals surface area contributed by atoms with E-state index in [-0.39, 0.29) is 0 Å². The number of fused-ring (bicyclic) bond motifs is 1. The monoisotopic (exact) mass is 243 g/mol. The Kier molecular flexibility index (Phi) is 3.19. The molecule has 1 aromatic rings. The first-order chi connectivity index (χ1) is 8.66. The van der Waals surface area contributed by atoms with Crippen molar-refractivity contribution in [1.82, 2.24) is 0 Å². The summed E-state index contributed by atoms with van der Waals surface area (Å²) in [4.78, 5) is 0. The maximum Gasteiger partial charge on any atom is 0.0113 e. The predicted octanol–water partition coefficient (Wildman–Crippen LogP) is 3.61. The number of hydrogen-bond donors (Lipinski definition) is 1. The highest BCUT2D eigenvalue weighted by Gasteiger charge is 2.52. The van der Waals surface area contributed by atoms with E-state index in [0.717, 1.165) is 24.2 Å². The van der Waals surface area contributed by atoms with E-state index in [1.54, 1.807) is 0 Å². The van der Waals surface area contributed by atoms with Crippen molar-refractivity contribution in [1.29, 1.82) is 0 Å². The molecule has 0 heterocycles. The second-order valence-electron chi connectivity index (χ2n) is 6.48. The predicted molar refractivity (Wildman–Crippen MR) is 76.5 cm³/mol. The summed E-state index contributed by atoms with van der Waals surface area (Å²) in [6.45, 7) is 4.37. The summed E-state index contributed by atoms with van der Waals surface area (Å²) < 4.78 is 0. The summed E-state index contributed by atoms with van der Waals surface area (Å²) in [5.41, 5.74) is 10.7. The van der Waals surface area contributed by atoms with Gasteiger partial charge in [0, 0.05) is 6.04 Å². The van der Waals surface area contributed by atoms with Gasteiger partial charge in [-0.25, -0.2) is 0 Å². The van der Waals surface area contributed by atoms with Crippen LogP contribution in [0.5, 0.6) is 0 Å². The van der Waals surface area contributed by atoms with Gasteiger partial charge in [0.25, 0.3) is 0 Å². The molecule has 0 bridgehead atoms. The number of aryl methyl sites for hydroxylation is 2. The van der Waals surface area contributed by atoms with E-state index in [9.17, 15) is 0 Å². The number of benzene rings is 1. The van der Waals surface area contributed by atoms with Crippen LogP contribution in [0.3, 0.4) is 0 Å². The van der Waals surface area contributed by atoms with Crippen LogP contribution in [-0.2, 0) is 6.42 Å². The van der Waals surface area contributed by atoms with E-state index in [2.05, 4.69) is 32.0 Å². The maximum absolute atomic E-state index is 6.46. The van der Waals surface area contributed by atoms with Crippen LogP contribution in [0.1, 0.15) is 42.4 Å². The average Bonchev–Trinajstić information content (AvgIpc) is 3.08. The molecule has 1 heteroatoms. The van der Waals surface area contributed by atoms with Gasteiger partial charge in [0.2, 0.25) is 0 Å². The zero-order valence-corrected chi connectivity index (χ0v) is 11.7. The molecule has 0 aliphatic heterocycles. The van der Waals surface area contributed by atoms with Crippen molar-refractivity contribution < 1.29 is 0 Å². The van der Waals surface area contributed by atoms with Crippen LogP contribution in [0.15, 0.2) is 18.2 Å². The van der Waals surface area contributed by atoms with Crippen LogP contribution in [-0.4, -0.2) is 6.04 Å². The SMILES string of the molecule is Cc1ccc(CC(N)C2C3CCCCC32)cc1C. The van der Waals surface area contributed by atoms with Crippen molar-refractivity contribution in [3.8, 4) is 0 Å². The summed E-state index contributed by atoms with van der Waals surface area (Å²) in [6.07, 6.45) is 6.83. The second kappa shape index (κ2) is 4.70. The zero-order valence-electron chi connectivity index (χ0n) is 11.7. The molecule has 2 N–H and O–H groups in total. The van der Waals surface area contributed by atoms with Gasteiger partial charge in [-0.15, -0.1) is 0 Å². The minimum absolute atomic E-state index is 0.389. The normalized spacial score (nSPS) is 31.8. The van der Waals surface area contributed by atoms with Crippen LogP contribution < -0.4 is 5.73 Å². The molecule has 3 unspecified atom stereocenters. The second-order valence-corrected chi connectivity index (χ2v) is 6.48. The van der Waals surface area contributed by atoms with Crippen molar-refractivity contribution in [3.63, 3.8) is 0 Å². The van der Waals surface area contributed by atoms with E-state index >= 15 is 0 Å². The molecular formula is C17H25N. The highest BCUT2D eigenvalue weighted by Crippen LogP contribution is 2.56. The van der Waals surface area contributed by atoms with Crippen molar-refractivity contribution in [2.45, 2.75) is 52.0 Å². The molecule has 1 nitrogen and oxygen atoms in total. The molecule has 0 amide bonds. The van der Waals surface area contributed by atoms with Crippen LogP contribution in [0, 0.1) is 31.6 Å². The quantitative estimate of drug-likeness (QED) is 0.862. The Bertz CT molecular complexity index is 425. The van der Waals surface area contributed by atoms with Crippen LogP contribution in [0.2, 0.25) is 0 Å². The van der Waals surface area contributed by atoms with Gasteiger partial charge in [0.15, 0.2) is 0 Å². The van der Waals surface area contributed by atoms with E-state index in [1.807, 2.05) is 0 Å². The van der Waals surface area contributed by atoms with E-state index in [0.29, 0.717) is 6.04 Å². The first-order valence-corrected chi connectivity index (χ1v) is 7.48. The third-order valence-corrected chi connectivity index (χ3v) is 5.26. The number of hydrogen-bond acceptors (Lipinski definition) is 1. The molecule has 2 aliphatic carbocycles. The van der Waals surface area contributed by atoms with Crippen LogP contribution >= 0.6 is 0 Å². The summed E-state index contributed by atoms with van der Waals surface area (Å²) in [6, 6.07) is 7.20. The molecule has 0 saturated heterocycles. The molecule has 0 aromatic heterocycles. The average molecular weight is 243 g/mol. The molecule has 98 valence electrons. The van der Waals surface area contributed by atoms with Crippen molar-refractivity contribution in [3.05, 3.63) is 34.9 Å². The van der Waals surface area contributed by atoms with Gasteiger partial charge in [0.1, 0.15) is 0 Å². The van der Waals surface area contributed by atoms with Gasteiger partial charge < -0.3 is 5.73 Å². The standard InChI is InChI=1S/C17H25N/c1-11-7-8-13(9-12(11)2)10-16(18)17-14-5-3-4-6-15(14)17/h7-9,14-17H,3-6,10,18H2,1-2H3. The minimum Gasteiger partial charge on any atom is -0.327 e. The first kappa shape index (κ1) is 12.2. The van der Waals surface area contributed by atoms with Gasteiger partial charge in [0.05, 0.1) is 0 Å². The summed E-state index contributed by atoms with van der Waals surface area (Å²) in [5.74, 6) is 2.77. The maximum atomic E-state index is 6.46. The Balaban J connectivity index is 1.64. The minimum atomic E-state index is 0.389. The van der Waals surface area contributed by atoms with Gasteiger partial charge in [-0.05, 0) is 67.6 Å². The first-order valence-electron chi connectivity index (χ1n) is 7.48. The van der Waals surface area contributed by atoms with E-state index in [4.69, 9.17) is 5.73 Å². The lowest BCUT2D eigenvalue weighted by atomic mass is 9.98. The lowest BCUT2D eigenvalue weighted by Crippen LogP contribution is -2.26. The largest absolute Gasteiger partial charge is 0.327 e. The Hall–Kier alpha value is -0.820. The Morgan fingerprint density at radius 1 is 1.11 bits per heavy atom. The highest BCUT2D eigenvalue weighted by molar-refractivity contribution is 5.30. The van der Waals surface area contributed by atoms with Gasteiger partial charge in [-0.2, -0.15) is 0 Å². The van der Waals surface area contributed by atoms with Crippen molar-refractivity contribution in [2.75, 3.05) is 0 Å². The van der Waals surface area contributed by atoms with Gasteiger partial charge in [-0.1, -0.05) is 31.0 Å². The lowest BCUT2D eigenvalue weighted by molar-refractivity contribution is 0.480. The van der Waals surface area contributed by atoms with Gasteiger partial charge in [-0.3, -0.25) is 0 Å². The fraction of sp³-hybridized carbons (Fsp3) is 0.647. The molecule has 3 atom stereocenters. The molecule has 3 rings (SSSR count). The third kappa shape index (κ3) is 2.21. The molecule has 2 fully saturated rings. The lowest BCUT2D eigenvalue weighted by Gasteiger charge is -2.13. The molecule has 2 aliphatic rings. The van der Waals surface area contributed by atoms with E-state index < -0.39 is 0 Å². The topological polar surface area (TPSA) is 26.0 Å². The van der Waals surface area contributed by atoms with E-state index in [1.165, 1.54) is 42.4 Å². The fourth-order valence-electron chi connectivity index (χ4n) is 4.02. The highest BCUT2D eigenvalue weighted by atomic mass is 14.7. The molecule has 0 spiro atoms. The summed E-state index contributed by atoms with van der Waals surface area (Å²) >= 11 is 0. The molecule has 2 saturated carbocycles. The molecule has 18 heavy (non-hydrogen) atoms. The molecule has 1 aromatic carbocycles. The Morgan fingerprint density at radius 3 is 2.39 bits per heavy atom. The smallest absolute Gasteiger partial charge is 0.0113 e. The van der Waals surface area contributed by atoms with Crippen LogP contribution in [0.4, 0.5) is 0 Å². The fourth-order valence-corrected chi connectivity index (χ4v) is 4.02. The zero-order chi connectivity index (χ0) is 12.7. The number of nitrogens with two attached hydrogens (primary N) is 1. The molecule has 0 radical (unpaired) electrons. The van der Waals surface area contributed by atoms with Crippen LogP contribution in [0.25, 0.3) is 0 Å². The summed E-state index contributed by atoms with van der Waals surface area (Å²) in [7, 11) is 0. The summed E-state index contributed by atoms with van der Waals surface area (Å²) in [5, 5.41) is 0. The molecular weight excluding hydrogens is 218 g/mol. The third-order valence-electron chi connectivity index (χ3n) is 5.26. The van der Waals surface area contributed by atoms with Crippen molar-refractivity contribution >= 4 is 0 Å². The van der Waals surface area contributed by atoms with Crippen molar-refractivity contribution in [2.24, 2.45) is 23.5 Å².